The van der Waals surface area contributed by atoms with E-state index in [0.717, 1.165) is 12.1 Å². The summed E-state index contributed by atoms with van der Waals surface area (Å²) in [4.78, 5) is 12.2. The molecule has 5 nitrogen and oxygen atoms in total. The minimum Gasteiger partial charge on any atom is -0.490 e. The maximum Gasteiger partial charge on any atom is 0.341 e. The molecule has 0 unspecified atom stereocenters. The van der Waals surface area contributed by atoms with Crippen LogP contribution < -0.4 is 10.1 Å². The predicted molar refractivity (Wildman–Crippen MR) is 94.2 cm³/mol. The fourth-order valence-corrected chi connectivity index (χ4v) is 2.59. The molecule has 3 rings (SSSR count). The van der Waals surface area contributed by atoms with E-state index in [2.05, 4.69) is 5.32 Å². The van der Waals surface area contributed by atoms with Crippen LogP contribution in [0.4, 0.5) is 0 Å². The van der Waals surface area contributed by atoms with Crippen molar-refractivity contribution in [3.05, 3.63) is 77.7 Å². The highest BCUT2D eigenvalue weighted by Crippen LogP contribution is 2.31. The first kappa shape index (κ1) is 16.9. The third-order valence-corrected chi connectivity index (χ3v) is 3.75. The van der Waals surface area contributed by atoms with Gasteiger partial charge in [-0.2, -0.15) is 0 Å². The lowest BCUT2D eigenvalue weighted by Gasteiger charge is -2.26. The number of carbonyl (C=O) groups is 1. The van der Waals surface area contributed by atoms with Gasteiger partial charge in [0.05, 0.1) is 6.61 Å². The summed E-state index contributed by atoms with van der Waals surface area (Å²) in [6, 6.07) is 16.8. The molecule has 1 N–H and O–H groups in total. The maximum absolute atomic E-state index is 12.2. The van der Waals surface area contributed by atoms with Gasteiger partial charge in [-0.3, -0.25) is 0 Å². The van der Waals surface area contributed by atoms with Crippen molar-refractivity contribution in [3.63, 3.8) is 0 Å². The lowest BCUT2D eigenvalue weighted by molar-refractivity contribution is 0.0514. The first-order chi connectivity index (χ1) is 12.3. The summed E-state index contributed by atoms with van der Waals surface area (Å²) in [7, 11) is 0. The van der Waals surface area contributed by atoms with E-state index in [-0.39, 0.29) is 0 Å². The highest BCUT2D eigenvalue weighted by atomic mass is 16.5. The van der Waals surface area contributed by atoms with Gasteiger partial charge < -0.3 is 19.5 Å². The molecular weight excluding hydrogens is 318 g/mol. The minimum atomic E-state index is -0.454. The van der Waals surface area contributed by atoms with Gasteiger partial charge in [0.15, 0.2) is 11.9 Å². The molecule has 0 fully saturated rings. The van der Waals surface area contributed by atoms with Crippen molar-refractivity contribution in [2.24, 2.45) is 0 Å². The van der Waals surface area contributed by atoms with E-state index < -0.39 is 12.1 Å². The van der Waals surface area contributed by atoms with Gasteiger partial charge >= 0.3 is 5.97 Å². The zero-order chi connectivity index (χ0) is 17.5. The normalized spacial score (nSPS) is 14.5. The van der Waals surface area contributed by atoms with Crippen molar-refractivity contribution in [2.45, 2.75) is 13.0 Å². The van der Waals surface area contributed by atoms with Crippen molar-refractivity contribution in [2.75, 3.05) is 19.8 Å². The third kappa shape index (κ3) is 4.12. The van der Waals surface area contributed by atoms with Gasteiger partial charge in [0, 0.05) is 18.3 Å². The molecule has 0 saturated carbocycles. The van der Waals surface area contributed by atoms with Crippen LogP contribution in [0.5, 0.6) is 5.75 Å². The van der Waals surface area contributed by atoms with E-state index in [1.807, 2.05) is 42.6 Å². The second-order valence-electron chi connectivity index (χ2n) is 5.47. The Morgan fingerprint density at radius 3 is 2.64 bits per heavy atom. The van der Waals surface area contributed by atoms with Gasteiger partial charge in [0.2, 0.25) is 0 Å². The van der Waals surface area contributed by atoms with Crippen LogP contribution in [0.15, 0.2) is 66.6 Å². The molecule has 0 bridgehead atoms. The van der Waals surface area contributed by atoms with Crippen molar-refractivity contribution in [1.82, 2.24) is 5.32 Å². The zero-order valence-corrected chi connectivity index (χ0v) is 14.1. The number of carbonyl (C=O) groups excluding carboxylic acids is 1. The van der Waals surface area contributed by atoms with E-state index in [1.165, 1.54) is 0 Å². The second kappa shape index (κ2) is 8.24. The van der Waals surface area contributed by atoms with Crippen LogP contribution in [0.3, 0.4) is 0 Å². The van der Waals surface area contributed by atoms with Crippen molar-refractivity contribution in [1.29, 1.82) is 0 Å². The lowest BCUT2D eigenvalue weighted by Crippen LogP contribution is -2.25. The van der Waals surface area contributed by atoms with Gasteiger partial charge in [0.25, 0.3) is 0 Å². The molecule has 130 valence electrons. The molecule has 1 aliphatic rings. The Hall–Kier alpha value is -2.95. The van der Waals surface area contributed by atoms with Crippen LogP contribution in [0.1, 0.15) is 28.9 Å². The molecule has 0 saturated heterocycles. The van der Waals surface area contributed by atoms with E-state index in [1.54, 1.807) is 25.1 Å². The summed E-state index contributed by atoms with van der Waals surface area (Å²) in [5.74, 6) is 0.738. The first-order valence-electron chi connectivity index (χ1n) is 8.33. The summed E-state index contributed by atoms with van der Waals surface area (Å²) in [5.41, 5.74) is 1.34. The Kier molecular flexibility index (Phi) is 5.57. The van der Waals surface area contributed by atoms with Crippen LogP contribution in [0.2, 0.25) is 0 Å². The Balaban J connectivity index is 1.94. The van der Waals surface area contributed by atoms with Gasteiger partial charge in [0.1, 0.15) is 17.9 Å². The quantitative estimate of drug-likeness (QED) is 0.817. The van der Waals surface area contributed by atoms with E-state index >= 15 is 0 Å². The minimum absolute atomic E-state index is 0.313. The van der Waals surface area contributed by atoms with Gasteiger partial charge in [-0.05, 0) is 19.1 Å². The molecule has 1 heterocycles. The average Bonchev–Trinajstić information content (AvgIpc) is 2.68. The molecule has 0 radical (unpaired) electrons. The van der Waals surface area contributed by atoms with E-state index in [9.17, 15) is 4.79 Å². The first-order valence-corrected chi connectivity index (χ1v) is 8.33. The number of esters is 1. The lowest BCUT2D eigenvalue weighted by atomic mass is 10.1. The van der Waals surface area contributed by atoms with E-state index in [4.69, 9.17) is 14.2 Å². The topological polar surface area (TPSA) is 56.8 Å². The summed E-state index contributed by atoms with van der Waals surface area (Å²) < 4.78 is 17.1. The second-order valence-corrected chi connectivity index (χ2v) is 5.47. The third-order valence-electron chi connectivity index (χ3n) is 3.75. The Morgan fingerprint density at radius 1 is 1.16 bits per heavy atom. The molecule has 2 aromatic carbocycles. The molecule has 0 aromatic heterocycles. The number of para-hydroxylation sites is 1. The van der Waals surface area contributed by atoms with Gasteiger partial charge in [-0.15, -0.1) is 0 Å². The zero-order valence-electron chi connectivity index (χ0n) is 14.1. The number of hydrogen-bond donors (Lipinski definition) is 1. The maximum atomic E-state index is 12.2. The number of ether oxygens (including phenoxy) is 3. The largest absolute Gasteiger partial charge is 0.490 e. The van der Waals surface area contributed by atoms with Crippen LogP contribution in [0.25, 0.3) is 0 Å². The highest BCUT2D eigenvalue weighted by molar-refractivity contribution is 5.92. The number of nitrogens with one attached hydrogen (secondary N) is 1. The number of rotatable bonds is 6. The molecule has 1 atom stereocenters. The SMILES string of the molecule is CCOC(=O)c1ccccc1O[C@H](C1=CNCCO1)c1ccccc1. The van der Waals surface area contributed by atoms with Crippen LogP contribution in [0, 0.1) is 0 Å². The van der Waals surface area contributed by atoms with E-state index in [0.29, 0.717) is 30.3 Å². The molecule has 2 aromatic rings. The summed E-state index contributed by atoms with van der Waals surface area (Å²) in [6.07, 6.45) is 1.36. The molecule has 0 amide bonds. The molecule has 0 aliphatic carbocycles. The molecular formula is C20H21NO4. The van der Waals surface area contributed by atoms with Gasteiger partial charge in [-0.1, -0.05) is 42.5 Å². The summed E-state index contributed by atoms with van der Waals surface area (Å²) >= 11 is 0. The van der Waals surface area contributed by atoms with Gasteiger partial charge in [-0.25, -0.2) is 4.79 Å². The Labute approximate surface area is 147 Å². The smallest absolute Gasteiger partial charge is 0.341 e. The fourth-order valence-electron chi connectivity index (χ4n) is 2.59. The average molecular weight is 339 g/mol. The van der Waals surface area contributed by atoms with Crippen molar-refractivity contribution < 1.29 is 19.0 Å². The number of hydrogen-bond acceptors (Lipinski definition) is 5. The molecule has 5 heteroatoms. The van der Waals surface area contributed by atoms with Crippen molar-refractivity contribution in [3.8, 4) is 5.75 Å². The highest BCUT2D eigenvalue weighted by Gasteiger charge is 2.24. The standard InChI is InChI=1S/C20H21NO4/c1-2-23-20(22)16-10-6-7-11-17(16)25-19(15-8-4-3-5-9-15)18-14-21-12-13-24-18/h3-11,14,19,21H,2,12-13H2,1H3/t19-/m0/s1. The monoisotopic (exact) mass is 339 g/mol. The van der Waals surface area contributed by atoms with Crippen LogP contribution in [-0.4, -0.2) is 25.7 Å². The number of benzene rings is 2. The van der Waals surface area contributed by atoms with Crippen LogP contribution in [-0.2, 0) is 9.47 Å². The Bertz CT molecular complexity index is 742. The van der Waals surface area contributed by atoms with Crippen LogP contribution >= 0.6 is 0 Å². The fraction of sp³-hybridized carbons (Fsp3) is 0.250. The summed E-state index contributed by atoms with van der Waals surface area (Å²) in [5, 5.41) is 3.17. The molecule has 1 aliphatic heterocycles. The Morgan fingerprint density at radius 2 is 1.92 bits per heavy atom. The predicted octanol–water partition coefficient (Wildman–Crippen LogP) is 3.44. The summed E-state index contributed by atoms with van der Waals surface area (Å²) in [6.45, 7) is 3.41. The molecule has 25 heavy (non-hydrogen) atoms. The molecule has 0 spiro atoms. The van der Waals surface area contributed by atoms with Crippen molar-refractivity contribution >= 4 is 5.97 Å².